The number of morpholine rings is 1. The smallest absolute Gasteiger partial charge is 0.410 e. The van der Waals surface area contributed by atoms with Crippen LogP contribution in [0.3, 0.4) is 0 Å². The number of carbonyl (C=O) groups is 1. The Bertz CT molecular complexity index is 1700. The van der Waals surface area contributed by atoms with E-state index in [2.05, 4.69) is 25.0 Å². The Labute approximate surface area is 273 Å². The maximum Gasteiger partial charge on any atom is 0.410 e. The molecule has 3 aromatic rings. The van der Waals surface area contributed by atoms with Gasteiger partial charge in [0.2, 0.25) is 0 Å². The maximum atomic E-state index is 16.9. The number of piperazine rings is 1. The zero-order valence-corrected chi connectivity index (χ0v) is 28.2. The molecule has 1 amide bonds. The van der Waals surface area contributed by atoms with Gasteiger partial charge in [0.25, 0.3) is 0 Å². The number of hydrogen-bond donors (Lipinski definition) is 0. The van der Waals surface area contributed by atoms with Crippen molar-refractivity contribution in [3.63, 3.8) is 0 Å². The van der Waals surface area contributed by atoms with Crippen molar-refractivity contribution < 1.29 is 23.4 Å². The van der Waals surface area contributed by atoms with Gasteiger partial charge in [0.15, 0.2) is 5.82 Å². The number of amides is 1. The number of ether oxygens (including phenoxy) is 3. The molecule has 3 aliphatic rings. The summed E-state index contributed by atoms with van der Waals surface area (Å²) < 4.78 is 34.6. The van der Waals surface area contributed by atoms with E-state index >= 15 is 4.39 Å². The van der Waals surface area contributed by atoms with Crippen LogP contribution in [0.1, 0.15) is 45.7 Å². The van der Waals surface area contributed by atoms with Crippen molar-refractivity contribution in [2.45, 2.75) is 71.9 Å². The SMILES string of the molecule is Cc1ccc2c(c1-c1c(Cl)cc3c(N4C[C@@H](C)N(C(=O)OC(C)(C)C)C[C@@H]4C)nc(OC[C@H]4CN(C)CCO4)nc3c1F)CN=N2. The number of benzene rings is 2. The number of azo groups is 1. The van der Waals surface area contributed by atoms with Crippen LogP contribution in [0, 0.1) is 12.7 Å². The molecule has 2 fully saturated rings. The molecule has 3 atom stereocenters. The standard InChI is InChI=1S/C33H41ClFN7O4/c1-18-8-9-25-23(13-36-39-25)26(18)27-24(34)12-22-29(28(27)35)37-31(45-17-21-16-40(7)10-11-44-21)38-30(22)41-14-20(3)42(15-19(41)2)32(43)46-33(4,5)6/h8-9,12,19-21H,10-11,13-17H2,1-7H3/t19-,20+,21+/m0/s1. The van der Waals surface area contributed by atoms with Crippen molar-refractivity contribution in [3.8, 4) is 17.1 Å². The summed E-state index contributed by atoms with van der Waals surface area (Å²) in [4.78, 5) is 28.5. The zero-order valence-electron chi connectivity index (χ0n) is 27.4. The molecule has 0 radical (unpaired) electrons. The largest absolute Gasteiger partial charge is 0.461 e. The lowest BCUT2D eigenvalue weighted by Gasteiger charge is -2.45. The molecule has 0 N–H and O–H groups in total. The van der Waals surface area contributed by atoms with Gasteiger partial charge in [-0.15, -0.1) is 0 Å². The Kier molecular flexibility index (Phi) is 8.81. The summed E-state index contributed by atoms with van der Waals surface area (Å²) >= 11 is 6.94. The highest BCUT2D eigenvalue weighted by molar-refractivity contribution is 6.34. The fourth-order valence-corrected chi connectivity index (χ4v) is 6.63. The van der Waals surface area contributed by atoms with E-state index in [4.69, 9.17) is 30.8 Å². The molecule has 13 heteroatoms. The predicted octanol–water partition coefficient (Wildman–Crippen LogP) is 6.54. The van der Waals surface area contributed by atoms with E-state index in [9.17, 15) is 4.79 Å². The fraction of sp³-hybridized carbons (Fsp3) is 0.545. The molecular weight excluding hydrogens is 613 g/mol. The molecule has 2 aromatic carbocycles. The van der Waals surface area contributed by atoms with Crippen molar-refractivity contribution in [2.75, 3.05) is 51.3 Å². The number of fused-ring (bicyclic) bond motifs is 2. The van der Waals surface area contributed by atoms with Crippen LogP contribution in [0.2, 0.25) is 5.02 Å². The van der Waals surface area contributed by atoms with Crippen molar-refractivity contribution in [2.24, 2.45) is 10.2 Å². The van der Waals surface area contributed by atoms with E-state index in [1.807, 2.05) is 60.7 Å². The Morgan fingerprint density at radius 1 is 1.13 bits per heavy atom. The van der Waals surface area contributed by atoms with E-state index in [0.717, 1.165) is 17.7 Å². The molecule has 1 aromatic heterocycles. The van der Waals surface area contributed by atoms with Crippen molar-refractivity contribution >= 4 is 40.1 Å². The monoisotopic (exact) mass is 653 g/mol. The van der Waals surface area contributed by atoms with Crippen LogP contribution < -0.4 is 9.64 Å². The molecule has 46 heavy (non-hydrogen) atoms. The number of aromatic nitrogens is 2. The third-order valence-electron chi connectivity index (χ3n) is 8.62. The summed E-state index contributed by atoms with van der Waals surface area (Å²) in [5, 5.41) is 9.08. The van der Waals surface area contributed by atoms with Gasteiger partial charge in [-0.1, -0.05) is 17.7 Å². The maximum absolute atomic E-state index is 16.9. The van der Waals surface area contributed by atoms with Crippen molar-refractivity contribution in [1.29, 1.82) is 0 Å². The molecule has 246 valence electrons. The van der Waals surface area contributed by atoms with Crippen molar-refractivity contribution in [1.82, 2.24) is 19.8 Å². The van der Waals surface area contributed by atoms with Gasteiger partial charge in [0.1, 0.15) is 29.6 Å². The normalized spacial score (nSPS) is 22.0. The first-order chi connectivity index (χ1) is 21.8. The summed E-state index contributed by atoms with van der Waals surface area (Å²) in [6, 6.07) is 5.15. The third kappa shape index (κ3) is 6.34. The highest BCUT2D eigenvalue weighted by Crippen LogP contribution is 2.45. The van der Waals surface area contributed by atoms with Crippen LogP contribution in [0.5, 0.6) is 6.01 Å². The average Bonchev–Trinajstić information content (AvgIpc) is 3.46. The highest BCUT2D eigenvalue weighted by atomic mass is 35.5. The number of anilines is 1. The van der Waals surface area contributed by atoms with Gasteiger partial charge >= 0.3 is 12.1 Å². The Morgan fingerprint density at radius 3 is 2.65 bits per heavy atom. The van der Waals surface area contributed by atoms with Crippen LogP contribution in [0.4, 0.5) is 20.7 Å². The molecule has 4 heterocycles. The zero-order chi connectivity index (χ0) is 32.9. The molecule has 6 rings (SSSR count). The number of hydrogen-bond acceptors (Lipinski definition) is 10. The van der Waals surface area contributed by atoms with Crippen LogP contribution in [-0.2, 0) is 16.0 Å². The van der Waals surface area contributed by atoms with Gasteiger partial charge in [0.05, 0.1) is 23.9 Å². The second-order valence-electron chi connectivity index (χ2n) is 13.5. The topological polar surface area (TPSA) is 105 Å². The molecule has 0 saturated carbocycles. The fourth-order valence-electron chi connectivity index (χ4n) is 6.34. The number of nitrogens with zero attached hydrogens (tertiary/aromatic N) is 7. The summed E-state index contributed by atoms with van der Waals surface area (Å²) in [6.07, 6.45) is -0.547. The number of rotatable bonds is 5. The number of carbonyl (C=O) groups excluding carboxylic acids is 1. The first-order valence-corrected chi connectivity index (χ1v) is 16.1. The van der Waals surface area contributed by atoms with E-state index in [-0.39, 0.29) is 53.0 Å². The van der Waals surface area contributed by atoms with Crippen LogP contribution in [-0.4, -0.2) is 96.1 Å². The van der Waals surface area contributed by atoms with Gasteiger partial charge in [-0.25, -0.2) is 9.18 Å². The first-order valence-electron chi connectivity index (χ1n) is 15.7. The second-order valence-corrected chi connectivity index (χ2v) is 13.9. The van der Waals surface area contributed by atoms with Crippen molar-refractivity contribution in [3.05, 3.63) is 40.2 Å². The molecule has 0 spiro atoms. The molecule has 0 bridgehead atoms. The molecule has 0 unspecified atom stereocenters. The van der Waals surface area contributed by atoms with Gasteiger partial charge in [-0.2, -0.15) is 20.2 Å². The Morgan fingerprint density at radius 2 is 1.91 bits per heavy atom. The average molecular weight is 654 g/mol. The Balaban J connectivity index is 1.43. The molecule has 3 aliphatic heterocycles. The van der Waals surface area contributed by atoms with Gasteiger partial charge < -0.3 is 28.9 Å². The van der Waals surface area contributed by atoms with Crippen LogP contribution in [0.15, 0.2) is 28.4 Å². The summed E-state index contributed by atoms with van der Waals surface area (Å²) in [5.41, 5.74) is 2.78. The third-order valence-corrected chi connectivity index (χ3v) is 8.92. The first kappa shape index (κ1) is 32.3. The van der Waals surface area contributed by atoms with E-state index in [1.54, 1.807) is 11.0 Å². The minimum absolute atomic E-state index is 0.0425. The lowest BCUT2D eigenvalue weighted by atomic mass is 9.92. The molecule has 0 aliphatic carbocycles. The Hall–Kier alpha value is -3.61. The summed E-state index contributed by atoms with van der Waals surface area (Å²) in [7, 11) is 2.03. The molecular formula is C33H41ClFN7O4. The van der Waals surface area contributed by atoms with Gasteiger partial charge in [0, 0.05) is 54.8 Å². The van der Waals surface area contributed by atoms with E-state index < -0.39 is 11.4 Å². The number of likely N-dealkylation sites (N-methyl/N-ethyl adjacent to an activating group) is 1. The summed E-state index contributed by atoms with van der Waals surface area (Å²) in [5.74, 6) is -0.0848. The summed E-state index contributed by atoms with van der Waals surface area (Å²) in [6.45, 7) is 14.9. The predicted molar refractivity (Wildman–Crippen MR) is 175 cm³/mol. The second kappa shape index (κ2) is 12.5. The lowest BCUT2D eigenvalue weighted by Crippen LogP contribution is -2.59. The number of halogens is 2. The van der Waals surface area contributed by atoms with Crippen LogP contribution in [0.25, 0.3) is 22.0 Å². The molecule has 11 nitrogen and oxygen atoms in total. The molecule has 2 saturated heterocycles. The van der Waals surface area contributed by atoms with Gasteiger partial charge in [-0.05, 0) is 71.8 Å². The van der Waals surface area contributed by atoms with Crippen LogP contribution >= 0.6 is 11.6 Å². The quantitative estimate of drug-likeness (QED) is 0.306. The number of aryl methyl sites for hydroxylation is 1. The van der Waals surface area contributed by atoms with E-state index in [0.29, 0.717) is 55.2 Å². The minimum atomic E-state index is -0.617. The van der Waals surface area contributed by atoms with E-state index in [1.165, 1.54) is 0 Å². The van der Waals surface area contributed by atoms with Gasteiger partial charge in [-0.3, -0.25) is 0 Å². The minimum Gasteiger partial charge on any atom is -0.461 e. The highest BCUT2D eigenvalue weighted by Gasteiger charge is 2.37. The lowest BCUT2D eigenvalue weighted by molar-refractivity contribution is -0.0416.